The topological polar surface area (TPSA) is 93.2 Å². The van der Waals surface area contributed by atoms with E-state index >= 15 is 0 Å². The van der Waals surface area contributed by atoms with Crippen LogP contribution in [-0.4, -0.2) is 32.4 Å². The van der Waals surface area contributed by atoms with E-state index in [4.69, 9.17) is 4.42 Å². The van der Waals surface area contributed by atoms with Gasteiger partial charge in [-0.25, -0.2) is 9.67 Å². The Labute approximate surface area is 146 Å². The minimum absolute atomic E-state index is 0.0940. The Hall–Kier alpha value is -2.97. The van der Waals surface area contributed by atoms with E-state index in [0.29, 0.717) is 22.3 Å². The molecule has 0 atom stereocenters. The van der Waals surface area contributed by atoms with E-state index in [0.717, 1.165) is 10.2 Å². The number of rotatable bonds is 5. The Balaban J connectivity index is 1.63. The molecule has 7 nitrogen and oxygen atoms in total. The SMILES string of the molecule is O=C(Nc1cc(-c2ccco2)nn1CCO)c1nc2ccccc2s1. The first kappa shape index (κ1) is 15.6. The highest BCUT2D eigenvalue weighted by Gasteiger charge is 2.17. The van der Waals surface area contributed by atoms with Crippen molar-refractivity contribution in [2.75, 3.05) is 11.9 Å². The third kappa shape index (κ3) is 3.04. The van der Waals surface area contributed by atoms with Gasteiger partial charge in [0.05, 0.1) is 29.6 Å². The van der Waals surface area contributed by atoms with Gasteiger partial charge in [-0.3, -0.25) is 4.79 Å². The van der Waals surface area contributed by atoms with Crippen LogP contribution in [0.1, 0.15) is 9.80 Å². The molecule has 1 aromatic carbocycles. The van der Waals surface area contributed by atoms with Crippen LogP contribution in [0.25, 0.3) is 21.7 Å². The van der Waals surface area contributed by atoms with Crippen molar-refractivity contribution in [2.24, 2.45) is 0 Å². The number of fused-ring (bicyclic) bond motifs is 1. The molecule has 0 unspecified atom stereocenters. The van der Waals surface area contributed by atoms with Crippen molar-refractivity contribution in [3.8, 4) is 11.5 Å². The van der Waals surface area contributed by atoms with Crippen LogP contribution >= 0.6 is 11.3 Å². The number of aliphatic hydroxyl groups excluding tert-OH is 1. The number of carbonyl (C=O) groups excluding carboxylic acids is 1. The molecule has 0 aliphatic carbocycles. The Morgan fingerprint density at radius 1 is 1.28 bits per heavy atom. The summed E-state index contributed by atoms with van der Waals surface area (Å²) in [5, 5.41) is 16.8. The van der Waals surface area contributed by atoms with Crippen LogP contribution in [0.3, 0.4) is 0 Å². The zero-order valence-electron chi connectivity index (χ0n) is 13.0. The molecule has 2 N–H and O–H groups in total. The number of benzene rings is 1. The monoisotopic (exact) mass is 354 g/mol. The van der Waals surface area contributed by atoms with E-state index in [1.54, 1.807) is 24.5 Å². The Kier molecular flexibility index (Phi) is 4.04. The van der Waals surface area contributed by atoms with Crippen LogP contribution in [0, 0.1) is 0 Å². The standard InChI is InChI=1S/C17H14N4O3S/c22-8-7-21-15(10-12(20-21)13-5-3-9-24-13)19-16(23)17-18-11-4-1-2-6-14(11)25-17/h1-6,9-10,22H,7-8H2,(H,19,23). The summed E-state index contributed by atoms with van der Waals surface area (Å²) < 4.78 is 7.82. The summed E-state index contributed by atoms with van der Waals surface area (Å²) in [6.45, 7) is 0.166. The van der Waals surface area contributed by atoms with Crippen molar-refractivity contribution in [1.29, 1.82) is 0 Å². The minimum atomic E-state index is -0.314. The quantitative estimate of drug-likeness (QED) is 0.575. The Morgan fingerprint density at radius 2 is 2.16 bits per heavy atom. The fraction of sp³-hybridized carbons (Fsp3) is 0.118. The molecular weight excluding hydrogens is 340 g/mol. The predicted molar refractivity (Wildman–Crippen MR) is 94.6 cm³/mol. The first-order valence-electron chi connectivity index (χ1n) is 7.64. The number of hydrogen-bond donors (Lipinski definition) is 2. The third-order valence-corrected chi connectivity index (χ3v) is 4.63. The van der Waals surface area contributed by atoms with Gasteiger partial charge < -0.3 is 14.8 Å². The molecule has 0 saturated heterocycles. The second-order valence-corrected chi connectivity index (χ2v) is 6.31. The average Bonchev–Trinajstić information content (AvgIpc) is 3.34. The van der Waals surface area contributed by atoms with Crippen LogP contribution in [0.15, 0.2) is 53.1 Å². The lowest BCUT2D eigenvalue weighted by Crippen LogP contribution is -2.16. The Morgan fingerprint density at radius 3 is 2.92 bits per heavy atom. The van der Waals surface area contributed by atoms with Crippen LogP contribution in [0.5, 0.6) is 0 Å². The molecule has 126 valence electrons. The largest absolute Gasteiger partial charge is 0.463 e. The number of anilines is 1. The fourth-order valence-electron chi connectivity index (χ4n) is 2.47. The first-order chi connectivity index (χ1) is 12.2. The summed E-state index contributed by atoms with van der Waals surface area (Å²) in [5.41, 5.74) is 1.37. The molecule has 0 fully saturated rings. The molecule has 0 radical (unpaired) electrons. The van der Waals surface area contributed by atoms with E-state index < -0.39 is 0 Å². The number of thiazole rings is 1. The van der Waals surface area contributed by atoms with Gasteiger partial charge in [0.2, 0.25) is 0 Å². The van der Waals surface area contributed by atoms with Crippen molar-refractivity contribution in [1.82, 2.24) is 14.8 Å². The van der Waals surface area contributed by atoms with Gasteiger partial charge in [0.25, 0.3) is 5.91 Å². The van der Waals surface area contributed by atoms with E-state index in [2.05, 4.69) is 15.4 Å². The van der Waals surface area contributed by atoms with Crippen molar-refractivity contribution in [3.63, 3.8) is 0 Å². The second kappa shape index (κ2) is 6.50. The Bertz CT molecular complexity index is 987. The number of para-hydroxylation sites is 1. The molecule has 0 aliphatic heterocycles. The molecular formula is C17H14N4O3S. The van der Waals surface area contributed by atoms with E-state index in [-0.39, 0.29) is 19.1 Å². The van der Waals surface area contributed by atoms with E-state index in [1.165, 1.54) is 16.0 Å². The molecule has 0 bridgehead atoms. The maximum Gasteiger partial charge on any atom is 0.285 e. The summed E-state index contributed by atoms with van der Waals surface area (Å²) in [6.07, 6.45) is 1.56. The van der Waals surface area contributed by atoms with Crippen LogP contribution in [0.2, 0.25) is 0 Å². The number of amides is 1. The molecule has 8 heteroatoms. The molecule has 3 heterocycles. The van der Waals surface area contributed by atoms with Crippen LogP contribution in [-0.2, 0) is 6.54 Å². The number of hydrogen-bond acceptors (Lipinski definition) is 6. The molecule has 4 rings (SSSR count). The smallest absolute Gasteiger partial charge is 0.285 e. The number of carbonyl (C=O) groups is 1. The van der Waals surface area contributed by atoms with Gasteiger partial charge in [0.1, 0.15) is 11.5 Å². The van der Waals surface area contributed by atoms with Gasteiger partial charge in [0, 0.05) is 6.07 Å². The predicted octanol–water partition coefficient (Wildman–Crippen LogP) is 3.00. The zero-order valence-corrected chi connectivity index (χ0v) is 13.9. The molecule has 1 amide bonds. The third-order valence-electron chi connectivity index (χ3n) is 3.60. The van der Waals surface area contributed by atoms with E-state index in [9.17, 15) is 9.90 Å². The normalized spacial score (nSPS) is 11.1. The number of aromatic nitrogens is 3. The van der Waals surface area contributed by atoms with Crippen molar-refractivity contribution < 1.29 is 14.3 Å². The zero-order chi connectivity index (χ0) is 17.2. The van der Waals surface area contributed by atoms with E-state index in [1.807, 2.05) is 24.3 Å². The van der Waals surface area contributed by atoms with Gasteiger partial charge >= 0.3 is 0 Å². The summed E-state index contributed by atoms with van der Waals surface area (Å²) in [6, 6.07) is 12.8. The highest BCUT2D eigenvalue weighted by atomic mass is 32.1. The lowest BCUT2D eigenvalue weighted by Gasteiger charge is -2.05. The lowest BCUT2D eigenvalue weighted by atomic mass is 10.3. The molecule has 25 heavy (non-hydrogen) atoms. The lowest BCUT2D eigenvalue weighted by molar-refractivity contribution is 0.102. The fourth-order valence-corrected chi connectivity index (χ4v) is 3.33. The van der Waals surface area contributed by atoms with Crippen molar-refractivity contribution in [2.45, 2.75) is 6.54 Å². The summed E-state index contributed by atoms with van der Waals surface area (Å²) in [7, 11) is 0. The molecule has 0 saturated carbocycles. The van der Waals surface area contributed by atoms with Gasteiger partial charge in [-0.05, 0) is 24.3 Å². The highest BCUT2D eigenvalue weighted by Crippen LogP contribution is 2.25. The molecule has 0 aliphatic rings. The summed E-state index contributed by atoms with van der Waals surface area (Å²) in [4.78, 5) is 16.9. The number of aliphatic hydroxyl groups is 1. The summed E-state index contributed by atoms with van der Waals surface area (Å²) >= 11 is 1.33. The maximum absolute atomic E-state index is 12.5. The number of furan rings is 1. The van der Waals surface area contributed by atoms with Gasteiger partial charge in [-0.2, -0.15) is 5.10 Å². The molecule has 3 aromatic heterocycles. The average molecular weight is 354 g/mol. The number of nitrogens with one attached hydrogen (secondary N) is 1. The minimum Gasteiger partial charge on any atom is -0.463 e. The second-order valence-electron chi connectivity index (χ2n) is 5.28. The van der Waals surface area contributed by atoms with Gasteiger partial charge in [-0.1, -0.05) is 12.1 Å². The first-order valence-corrected chi connectivity index (χ1v) is 8.46. The molecule has 4 aromatic rings. The van der Waals surface area contributed by atoms with Crippen molar-refractivity contribution in [3.05, 3.63) is 53.7 Å². The van der Waals surface area contributed by atoms with Crippen LogP contribution < -0.4 is 5.32 Å². The number of nitrogens with zero attached hydrogens (tertiary/aromatic N) is 3. The molecule has 0 spiro atoms. The highest BCUT2D eigenvalue weighted by molar-refractivity contribution is 7.20. The van der Waals surface area contributed by atoms with Crippen LogP contribution in [0.4, 0.5) is 5.82 Å². The van der Waals surface area contributed by atoms with Crippen molar-refractivity contribution >= 4 is 33.3 Å². The summed E-state index contributed by atoms with van der Waals surface area (Å²) in [5.74, 6) is 0.753. The maximum atomic E-state index is 12.5. The van der Waals surface area contributed by atoms with Gasteiger partial charge in [-0.15, -0.1) is 11.3 Å². The van der Waals surface area contributed by atoms with Gasteiger partial charge in [0.15, 0.2) is 10.8 Å².